The number of anilines is 1. The summed E-state index contributed by atoms with van der Waals surface area (Å²) >= 11 is 0. The number of carbonyl (C=O) groups excluding carboxylic acids is 1. The zero-order chi connectivity index (χ0) is 17.6. The molecule has 0 bridgehead atoms. The number of rotatable bonds is 6. The van der Waals surface area contributed by atoms with E-state index in [-0.39, 0.29) is 11.9 Å². The Morgan fingerprint density at radius 3 is 2.80 bits per heavy atom. The molecule has 7 nitrogen and oxygen atoms in total. The predicted octanol–water partition coefficient (Wildman–Crippen LogP) is 1.54. The molecule has 3 rings (SSSR count). The van der Waals surface area contributed by atoms with Crippen molar-refractivity contribution in [2.45, 2.75) is 6.04 Å². The number of morpholine rings is 1. The van der Waals surface area contributed by atoms with E-state index in [1.807, 2.05) is 31.1 Å². The molecule has 2 aromatic rings. The minimum Gasteiger partial charge on any atom is -0.468 e. The summed E-state index contributed by atoms with van der Waals surface area (Å²) in [6, 6.07) is 7.36. The molecule has 0 aliphatic carbocycles. The second kappa shape index (κ2) is 8.13. The van der Waals surface area contributed by atoms with Gasteiger partial charge >= 0.3 is 0 Å². The van der Waals surface area contributed by atoms with E-state index in [0.717, 1.165) is 18.8 Å². The lowest BCUT2D eigenvalue weighted by atomic mass is 10.1. The molecule has 1 aliphatic rings. The van der Waals surface area contributed by atoms with Gasteiger partial charge in [-0.1, -0.05) is 0 Å². The smallest absolute Gasteiger partial charge is 0.255 e. The molecule has 0 aromatic carbocycles. The molecule has 1 aliphatic heterocycles. The second-order valence-electron chi connectivity index (χ2n) is 6.16. The lowest BCUT2D eigenvalue weighted by molar-refractivity contribution is 0.0118. The number of nitrogens with zero attached hydrogens (tertiary/aromatic N) is 3. The lowest BCUT2D eigenvalue weighted by Gasteiger charge is -2.33. The zero-order valence-electron chi connectivity index (χ0n) is 14.6. The standard InChI is InChI=1S/C18H24N4O3/c1-21(2)17-14(5-3-7-19-17)18(23)20-13-15(16-6-4-10-25-16)22-8-11-24-12-9-22/h3-7,10,15H,8-9,11-13H2,1-2H3,(H,20,23). The Morgan fingerprint density at radius 2 is 2.12 bits per heavy atom. The summed E-state index contributed by atoms with van der Waals surface area (Å²) in [5, 5.41) is 3.03. The number of carbonyl (C=O) groups is 1. The molecule has 134 valence electrons. The van der Waals surface area contributed by atoms with Crippen LogP contribution in [0.15, 0.2) is 41.1 Å². The molecule has 0 saturated carbocycles. The zero-order valence-corrected chi connectivity index (χ0v) is 14.6. The maximum atomic E-state index is 12.7. The maximum Gasteiger partial charge on any atom is 0.255 e. The third-order valence-corrected chi connectivity index (χ3v) is 4.27. The third-order valence-electron chi connectivity index (χ3n) is 4.27. The van der Waals surface area contributed by atoms with Crippen LogP contribution in [0.4, 0.5) is 5.82 Å². The van der Waals surface area contributed by atoms with Gasteiger partial charge < -0.3 is 19.4 Å². The van der Waals surface area contributed by atoms with Crippen LogP contribution in [0.3, 0.4) is 0 Å². The van der Waals surface area contributed by atoms with Gasteiger partial charge in [0.05, 0.1) is 31.1 Å². The number of pyridine rings is 1. The second-order valence-corrected chi connectivity index (χ2v) is 6.16. The van der Waals surface area contributed by atoms with Crippen molar-refractivity contribution in [3.63, 3.8) is 0 Å². The first-order chi connectivity index (χ1) is 12.2. The molecule has 2 aromatic heterocycles. The molecule has 1 N–H and O–H groups in total. The summed E-state index contributed by atoms with van der Waals surface area (Å²) in [6.07, 6.45) is 3.35. The van der Waals surface area contributed by atoms with Crippen molar-refractivity contribution < 1.29 is 13.9 Å². The van der Waals surface area contributed by atoms with Crippen molar-refractivity contribution in [3.8, 4) is 0 Å². The molecule has 1 atom stereocenters. The Bertz CT molecular complexity index is 681. The van der Waals surface area contributed by atoms with Gasteiger partial charge in [0.2, 0.25) is 0 Å². The van der Waals surface area contributed by atoms with Crippen LogP contribution in [0.5, 0.6) is 0 Å². The van der Waals surface area contributed by atoms with Crippen molar-refractivity contribution >= 4 is 11.7 Å². The molecular weight excluding hydrogens is 320 g/mol. The van der Waals surface area contributed by atoms with Crippen LogP contribution in [-0.4, -0.2) is 62.7 Å². The minimum atomic E-state index is -0.137. The number of furan rings is 1. The average molecular weight is 344 g/mol. The number of amides is 1. The molecule has 3 heterocycles. The van der Waals surface area contributed by atoms with E-state index in [9.17, 15) is 4.79 Å². The Hall–Kier alpha value is -2.38. The van der Waals surface area contributed by atoms with Gasteiger partial charge in [-0.3, -0.25) is 9.69 Å². The van der Waals surface area contributed by atoms with Crippen LogP contribution in [0.25, 0.3) is 0 Å². The van der Waals surface area contributed by atoms with Gasteiger partial charge in [0.1, 0.15) is 11.6 Å². The minimum absolute atomic E-state index is 0.0117. The van der Waals surface area contributed by atoms with Gasteiger partial charge in [-0.25, -0.2) is 4.98 Å². The molecule has 7 heteroatoms. The van der Waals surface area contributed by atoms with Crippen LogP contribution < -0.4 is 10.2 Å². The van der Waals surface area contributed by atoms with E-state index in [4.69, 9.17) is 9.15 Å². The Morgan fingerprint density at radius 1 is 1.32 bits per heavy atom. The summed E-state index contributed by atoms with van der Waals surface area (Å²) in [7, 11) is 3.75. The van der Waals surface area contributed by atoms with Gasteiger partial charge in [-0.05, 0) is 24.3 Å². The SMILES string of the molecule is CN(C)c1ncccc1C(=O)NCC(c1ccco1)N1CCOCC1. The van der Waals surface area contributed by atoms with Gasteiger partial charge in [0.25, 0.3) is 5.91 Å². The Labute approximate surface area is 147 Å². The van der Waals surface area contributed by atoms with Crippen LogP contribution in [0, 0.1) is 0 Å². The van der Waals surface area contributed by atoms with E-state index < -0.39 is 0 Å². The van der Waals surface area contributed by atoms with Crippen LogP contribution >= 0.6 is 0 Å². The van der Waals surface area contributed by atoms with Crippen LogP contribution in [0.1, 0.15) is 22.2 Å². The highest BCUT2D eigenvalue weighted by molar-refractivity contribution is 5.98. The lowest BCUT2D eigenvalue weighted by Crippen LogP contribution is -2.43. The number of nitrogens with one attached hydrogen (secondary N) is 1. The normalized spacial score (nSPS) is 16.4. The Kier molecular flexibility index (Phi) is 5.67. The highest BCUT2D eigenvalue weighted by Crippen LogP contribution is 2.22. The molecule has 0 spiro atoms. The molecule has 1 amide bonds. The summed E-state index contributed by atoms with van der Waals surface area (Å²) in [6.45, 7) is 3.49. The summed E-state index contributed by atoms with van der Waals surface area (Å²) < 4.78 is 11.0. The van der Waals surface area contributed by atoms with Crippen molar-refractivity contribution in [1.29, 1.82) is 0 Å². The van der Waals surface area contributed by atoms with Crippen molar-refractivity contribution in [2.75, 3.05) is 51.8 Å². The fraction of sp³-hybridized carbons (Fsp3) is 0.444. The van der Waals surface area contributed by atoms with Crippen LogP contribution in [-0.2, 0) is 4.74 Å². The summed E-state index contributed by atoms with van der Waals surface area (Å²) in [5.41, 5.74) is 0.563. The number of ether oxygens (including phenoxy) is 1. The monoisotopic (exact) mass is 344 g/mol. The summed E-state index contributed by atoms with van der Waals surface area (Å²) in [4.78, 5) is 21.1. The third kappa shape index (κ3) is 4.18. The first kappa shape index (κ1) is 17.4. The van der Waals surface area contributed by atoms with Crippen molar-refractivity contribution in [2.24, 2.45) is 0 Å². The molecule has 1 saturated heterocycles. The average Bonchev–Trinajstić information content (AvgIpc) is 3.17. The predicted molar refractivity (Wildman–Crippen MR) is 94.7 cm³/mol. The highest BCUT2D eigenvalue weighted by atomic mass is 16.5. The Balaban J connectivity index is 1.72. The van der Waals surface area contributed by atoms with Gasteiger partial charge in [0, 0.05) is 39.9 Å². The number of hydrogen-bond acceptors (Lipinski definition) is 6. The summed E-state index contributed by atoms with van der Waals surface area (Å²) in [5.74, 6) is 1.36. The van der Waals surface area contributed by atoms with Gasteiger partial charge in [0.15, 0.2) is 0 Å². The van der Waals surface area contributed by atoms with E-state index in [0.29, 0.717) is 31.1 Å². The fourth-order valence-corrected chi connectivity index (χ4v) is 2.99. The first-order valence-electron chi connectivity index (χ1n) is 8.42. The molecule has 1 fully saturated rings. The number of aromatic nitrogens is 1. The largest absolute Gasteiger partial charge is 0.468 e. The van der Waals surface area contributed by atoms with E-state index in [2.05, 4.69) is 15.2 Å². The molecule has 0 radical (unpaired) electrons. The molecule has 1 unspecified atom stereocenters. The van der Waals surface area contributed by atoms with Gasteiger partial charge in [-0.15, -0.1) is 0 Å². The van der Waals surface area contributed by atoms with Crippen LogP contribution in [0.2, 0.25) is 0 Å². The van der Waals surface area contributed by atoms with E-state index in [1.54, 1.807) is 24.6 Å². The van der Waals surface area contributed by atoms with Gasteiger partial charge in [-0.2, -0.15) is 0 Å². The van der Waals surface area contributed by atoms with Crippen molar-refractivity contribution in [3.05, 3.63) is 48.0 Å². The maximum absolute atomic E-state index is 12.7. The quantitative estimate of drug-likeness (QED) is 0.857. The van der Waals surface area contributed by atoms with E-state index >= 15 is 0 Å². The highest BCUT2D eigenvalue weighted by Gasteiger charge is 2.26. The first-order valence-corrected chi connectivity index (χ1v) is 8.42. The topological polar surface area (TPSA) is 70.8 Å². The molecule has 25 heavy (non-hydrogen) atoms. The van der Waals surface area contributed by atoms with Crippen molar-refractivity contribution in [1.82, 2.24) is 15.2 Å². The fourth-order valence-electron chi connectivity index (χ4n) is 2.99. The van der Waals surface area contributed by atoms with E-state index in [1.165, 1.54) is 0 Å². The number of hydrogen-bond donors (Lipinski definition) is 1. The molecular formula is C18H24N4O3.